The zero-order valence-electron chi connectivity index (χ0n) is 18.3. The third-order valence-electron chi connectivity index (χ3n) is 6.07. The molecular weight excluding hydrogens is 411 g/mol. The van der Waals surface area contributed by atoms with Crippen molar-refractivity contribution in [2.45, 2.75) is 39.5 Å². The Kier molecular flexibility index (Phi) is 6.12. The molecule has 168 valence electrons. The van der Waals surface area contributed by atoms with Crippen LogP contribution in [-0.4, -0.2) is 47.2 Å². The van der Waals surface area contributed by atoms with Crippen LogP contribution in [0.4, 0.5) is 10.1 Å². The minimum absolute atomic E-state index is 0.190. The topological polar surface area (TPSA) is 94.3 Å². The molecule has 0 atom stereocenters. The zero-order chi connectivity index (χ0) is 22.8. The van der Waals surface area contributed by atoms with Gasteiger partial charge in [-0.05, 0) is 62.9 Å². The SMILES string of the molecule is Cc1[nH]c(/C=C2\C(=O)Nc3ccc(F)cc32)c(C)c1C(=O)NCCCN1CCCCC1=O. The van der Waals surface area contributed by atoms with Crippen molar-refractivity contribution in [2.24, 2.45) is 0 Å². The number of hydrogen-bond donors (Lipinski definition) is 3. The Bertz CT molecular complexity index is 1120. The molecule has 3 heterocycles. The molecule has 1 aromatic carbocycles. The quantitative estimate of drug-likeness (QED) is 0.477. The van der Waals surface area contributed by atoms with Crippen molar-refractivity contribution in [3.05, 3.63) is 52.1 Å². The standard InChI is InChI=1S/C24H27FN4O3/c1-14-20(13-18-17-12-16(25)7-8-19(17)28-23(18)31)27-15(2)22(14)24(32)26-9-5-11-29-10-4-3-6-21(29)30/h7-8,12-13,27H,3-6,9-11H2,1-2H3,(H,26,32)(H,28,31)/b18-13-. The highest BCUT2D eigenvalue weighted by Crippen LogP contribution is 2.34. The first-order chi connectivity index (χ1) is 15.3. The Labute approximate surface area is 186 Å². The number of likely N-dealkylation sites (tertiary alicyclic amines) is 1. The minimum atomic E-state index is -0.420. The fourth-order valence-electron chi connectivity index (χ4n) is 4.37. The number of H-pyrrole nitrogens is 1. The number of carbonyl (C=O) groups excluding carboxylic acids is 3. The van der Waals surface area contributed by atoms with Crippen molar-refractivity contribution in [3.63, 3.8) is 0 Å². The second-order valence-corrected chi connectivity index (χ2v) is 8.31. The Morgan fingerprint density at radius 2 is 2.06 bits per heavy atom. The molecule has 0 aliphatic carbocycles. The third-order valence-corrected chi connectivity index (χ3v) is 6.07. The maximum atomic E-state index is 13.7. The van der Waals surface area contributed by atoms with Gasteiger partial charge in [0.1, 0.15) is 5.82 Å². The summed E-state index contributed by atoms with van der Waals surface area (Å²) in [7, 11) is 0. The molecule has 0 saturated carbocycles. The van der Waals surface area contributed by atoms with Crippen LogP contribution in [0.2, 0.25) is 0 Å². The van der Waals surface area contributed by atoms with Crippen molar-refractivity contribution in [1.29, 1.82) is 0 Å². The van der Waals surface area contributed by atoms with Gasteiger partial charge in [0.15, 0.2) is 0 Å². The van der Waals surface area contributed by atoms with Crippen molar-refractivity contribution >= 4 is 35.1 Å². The van der Waals surface area contributed by atoms with Gasteiger partial charge in [-0.3, -0.25) is 14.4 Å². The second-order valence-electron chi connectivity index (χ2n) is 8.31. The molecule has 4 rings (SSSR count). The van der Waals surface area contributed by atoms with E-state index >= 15 is 0 Å². The number of nitrogens with zero attached hydrogens (tertiary/aromatic N) is 1. The van der Waals surface area contributed by atoms with Gasteiger partial charge in [-0.25, -0.2) is 4.39 Å². The number of rotatable bonds is 6. The largest absolute Gasteiger partial charge is 0.358 e. The van der Waals surface area contributed by atoms with Crippen molar-refractivity contribution < 1.29 is 18.8 Å². The van der Waals surface area contributed by atoms with E-state index in [-0.39, 0.29) is 17.7 Å². The van der Waals surface area contributed by atoms with Crippen LogP contribution in [0.25, 0.3) is 11.6 Å². The normalized spacial score (nSPS) is 17.0. The van der Waals surface area contributed by atoms with Crippen LogP contribution in [0.15, 0.2) is 18.2 Å². The Balaban J connectivity index is 1.45. The van der Waals surface area contributed by atoms with E-state index in [4.69, 9.17) is 0 Å². The van der Waals surface area contributed by atoms with E-state index in [1.807, 2.05) is 11.8 Å². The number of nitrogens with one attached hydrogen (secondary N) is 3. The fourth-order valence-corrected chi connectivity index (χ4v) is 4.37. The summed E-state index contributed by atoms with van der Waals surface area (Å²) in [6.45, 7) is 5.53. The van der Waals surface area contributed by atoms with Crippen LogP contribution in [-0.2, 0) is 9.59 Å². The lowest BCUT2D eigenvalue weighted by Crippen LogP contribution is -2.37. The highest BCUT2D eigenvalue weighted by molar-refractivity contribution is 6.34. The summed E-state index contributed by atoms with van der Waals surface area (Å²) in [6, 6.07) is 4.16. The summed E-state index contributed by atoms with van der Waals surface area (Å²) in [5.74, 6) is -0.740. The van der Waals surface area contributed by atoms with Gasteiger partial charge >= 0.3 is 0 Å². The van der Waals surface area contributed by atoms with Crippen LogP contribution in [0.5, 0.6) is 0 Å². The summed E-state index contributed by atoms with van der Waals surface area (Å²) >= 11 is 0. The van der Waals surface area contributed by atoms with Crippen molar-refractivity contribution in [1.82, 2.24) is 15.2 Å². The Hall–Kier alpha value is -3.42. The van der Waals surface area contributed by atoms with E-state index < -0.39 is 5.82 Å². The first-order valence-electron chi connectivity index (χ1n) is 10.9. The number of piperidine rings is 1. The maximum Gasteiger partial charge on any atom is 0.256 e. The van der Waals surface area contributed by atoms with Crippen molar-refractivity contribution in [3.8, 4) is 0 Å². The molecule has 2 aliphatic rings. The van der Waals surface area contributed by atoms with Crippen LogP contribution in [0.1, 0.15) is 58.6 Å². The van der Waals surface area contributed by atoms with E-state index in [1.165, 1.54) is 18.2 Å². The predicted molar refractivity (Wildman–Crippen MR) is 121 cm³/mol. The van der Waals surface area contributed by atoms with E-state index in [0.717, 1.165) is 24.9 Å². The monoisotopic (exact) mass is 438 g/mol. The molecule has 2 aromatic rings. The number of carbonyl (C=O) groups is 3. The lowest BCUT2D eigenvalue weighted by atomic mass is 10.0. The fraction of sp³-hybridized carbons (Fsp3) is 0.375. The third kappa shape index (κ3) is 4.30. The lowest BCUT2D eigenvalue weighted by molar-refractivity contribution is -0.133. The molecule has 1 aromatic heterocycles. The number of halogens is 1. The summed E-state index contributed by atoms with van der Waals surface area (Å²) in [6.07, 6.45) is 4.95. The van der Waals surface area contributed by atoms with Gasteiger partial charge in [0.25, 0.3) is 11.8 Å². The van der Waals surface area contributed by atoms with E-state index in [2.05, 4.69) is 15.6 Å². The van der Waals surface area contributed by atoms with Crippen LogP contribution < -0.4 is 10.6 Å². The first-order valence-corrected chi connectivity index (χ1v) is 10.9. The number of hydrogen-bond acceptors (Lipinski definition) is 3. The van der Waals surface area contributed by atoms with Crippen LogP contribution in [0.3, 0.4) is 0 Å². The van der Waals surface area contributed by atoms with Crippen LogP contribution >= 0.6 is 0 Å². The van der Waals surface area contributed by atoms with Gasteiger partial charge in [0.2, 0.25) is 5.91 Å². The molecule has 8 heteroatoms. The first kappa shape index (κ1) is 21.8. The number of aryl methyl sites for hydroxylation is 1. The smallest absolute Gasteiger partial charge is 0.256 e. The molecule has 3 amide bonds. The van der Waals surface area contributed by atoms with Crippen molar-refractivity contribution in [2.75, 3.05) is 25.0 Å². The maximum absolute atomic E-state index is 13.7. The Morgan fingerprint density at radius 1 is 1.25 bits per heavy atom. The summed E-state index contributed by atoms with van der Waals surface area (Å²) in [5, 5.41) is 5.66. The molecule has 0 unspecified atom stereocenters. The molecule has 1 fully saturated rings. The predicted octanol–water partition coefficient (Wildman–Crippen LogP) is 3.40. The summed E-state index contributed by atoms with van der Waals surface area (Å²) < 4.78 is 13.7. The lowest BCUT2D eigenvalue weighted by Gasteiger charge is -2.26. The molecule has 0 bridgehead atoms. The number of aromatic amines is 1. The van der Waals surface area contributed by atoms with Gasteiger partial charge < -0.3 is 20.5 Å². The average Bonchev–Trinajstić information content (AvgIpc) is 3.21. The van der Waals surface area contributed by atoms with E-state index in [0.29, 0.717) is 59.7 Å². The van der Waals surface area contributed by atoms with Gasteiger partial charge in [0, 0.05) is 48.7 Å². The molecular formula is C24H27FN4O3. The molecule has 1 saturated heterocycles. The van der Waals surface area contributed by atoms with Crippen LogP contribution in [0, 0.1) is 19.7 Å². The molecule has 3 N–H and O–H groups in total. The number of anilines is 1. The molecule has 7 nitrogen and oxygen atoms in total. The highest BCUT2D eigenvalue weighted by Gasteiger charge is 2.26. The molecule has 0 spiro atoms. The number of benzene rings is 1. The summed E-state index contributed by atoms with van der Waals surface area (Å²) in [5.41, 5.74) is 3.99. The van der Waals surface area contributed by atoms with Gasteiger partial charge in [0.05, 0.1) is 11.1 Å². The molecule has 0 radical (unpaired) electrons. The van der Waals surface area contributed by atoms with Gasteiger partial charge in [-0.1, -0.05) is 0 Å². The second kappa shape index (κ2) is 8.98. The molecule has 32 heavy (non-hydrogen) atoms. The molecule has 2 aliphatic heterocycles. The minimum Gasteiger partial charge on any atom is -0.358 e. The number of aromatic nitrogens is 1. The zero-order valence-corrected chi connectivity index (χ0v) is 18.3. The number of amides is 3. The van der Waals surface area contributed by atoms with Gasteiger partial charge in [-0.15, -0.1) is 0 Å². The van der Waals surface area contributed by atoms with E-state index in [1.54, 1.807) is 13.0 Å². The average molecular weight is 439 g/mol. The summed E-state index contributed by atoms with van der Waals surface area (Å²) in [4.78, 5) is 42.1. The van der Waals surface area contributed by atoms with Gasteiger partial charge in [-0.2, -0.15) is 0 Å². The highest BCUT2D eigenvalue weighted by atomic mass is 19.1. The Morgan fingerprint density at radius 3 is 2.84 bits per heavy atom. The van der Waals surface area contributed by atoms with E-state index in [9.17, 15) is 18.8 Å². The number of fused-ring (bicyclic) bond motifs is 1.